The molecule has 0 N–H and O–H groups in total. The Kier molecular flexibility index (Phi) is 34.4. The van der Waals surface area contributed by atoms with E-state index in [0.29, 0.717) is 82.8 Å². The summed E-state index contributed by atoms with van der Waals surface area (Å²) in [7, 11) is 6.92. The Balaban J connectivity index is 0.000000240. The van der Waals surface area contributed by atoms with Gasteiger partial charge in [0.05, 0.1) is 48.8 Å². The largest absolute Gasteiger partial charge is 0.494 e. The van der Waals surface area contributed by atoms with Crippen LogP contribution in [0.2, 0.25) is 0 Å². The third-order valence-electron chi connectivity index (χ3n) is 21.1. The first-order chi connectivity index (χ1) is 47.8. The van der Waals surface area contributed by atoms with Crippen LogP contribution >= 0.6 is 0 Å². The molecule has 0 radical (unpaired) electrons. The fourth-order valence-electron chi connectivity index (χ4n) is 13.1. The Labute approximate surface area is 606 Å². The molecule has 2 fully saturated rings. The Morgan fingerprint density at radius 2 is 0.810 bits per heavy atom. The number of benzene rings is 5. The summed E-state index contributed by atoms with van der Waals surface area (Å²) in [6, 6.07) is 34.1. The van der Waals surface area contributed by atoms with Gasteiger partial charge in [0.25, 0.3) is 0 Å². The van der Waals surface area contributed by atoms with Gasteiger partial charge in [-0.15, -0.1) is 0 Å². The molecule has 6 unspecified atom stereocenters. The number of allylic oxidation sites excluding steroid dienone is 1. The molecule has 5 aromatic carbocycles. The van der Waals surface area contributed by atoms with Gasteiger partial charge in [0.15, 0.2) is 0 Å². The van der Waals surface area contributed by atoms with Crippen LogP contribution in [0.5, 0.6) is 28.7 Å². The highest BCUT2D eigenvalue weighted by molar-refractivity contribution is 5.48. The van der Waals surface area contributed by atoms with E-state index >= 15 is 0 Å². The molecule has 100 heavy (non-hydrogen) atoms. The average molecular weight is 1380 g/mol. The molecule has 0 aliphatic heterocycles. The van der Waals surface area contributed by atoms with E-state index < -0.39 is 5.60 Å². The van der Waals surface area contributed by atoms with Crippen molar-refractivity contribution in [2.45, 2.75) is 280 Å². The zero-order valence-electron chi connectivity index (χ0n) is 65.9. The summed E-state index contributed by atoms with van der Waals surface area (Å²) < 4.78 is 72.8. The van der Waals surface area contributed by atoms with Crippen molar-refractivity contribution in [1.82, 2.24) is 0 Å². The molecule has 0 bridgehead atoms. The molecule has 5 aromatic rings. The molecular formula is C88H132O12. The summed E-state index contributed by atoms with van der Waals surface area (Å²) in [5.41, 5.74) is 12.5. The predicted molar refractivity (Wildman–Crippen MR) is 410 cm³/mol. The number of rotatable bonds is 35. The molecule has 0 heterocycles. The van der Waals surface area contributed by atoms with Crippen molar-refractivity contribution in [3.05, 3.63) is 170 Å². The van der Waals surface area contributed by atoms with E-state index in [9.17, 15) is 0 Å². The molecule has 12 nitrogen and oxygen atoms in total. The topological polar surface area (TPSA) is 111 Å². The second-order valence-electron chi connectivity index (χ2n) is 30.3. The highest BCUT2D eigenvalue weighted by atomic mass is 16.5. The molecule has 0 aromatic heterocycles. The molecule has 556 valence electrons. The molecule has 2 saturated carbocycles. The molecular weight excluding hydrogens is 1250 g/mol. The molecule has 8 rings (SSSR count). The van der Waals surface area contributed by atoms with Gasteiger partial charge in [0.2, 0.25) is 0 Å². The molecule has 0 spiro atoms. The highest BCUT2D eigenvalue weighted by Gasteiger charge is 2.41. The first-order valence-corrected chi connectivity index (χ1v) is 38.0. The van der Waals surface area contributed by atoms with Gasteiger partial charge in [-0.3, -0.25) is 0 Å². The Bertz CT molecular complexity index is 3140. The lowest BCUT2D eigenvalue weighted by atomic mass is 9.76. The van der Waals surface area contributed by atoms with E-state index in [-0.39, 0.29) is 29.1 Å². The van der Waals surface area contributed by atoms with E-state index in [0.717, 1.165) is 119 Å². The summed E-state index contributed by atoms with van der Waals surface area (Å²) in [5, 5.41) is 0. The van der Waals surface area contributed by atoms with E-state index in [4.69, 9.17) is 56.8 Å². The normalized spacial score (nSPS) is 17.1. The monoisotopic (exact) mass is 1380 g/mol. The van der Waals surface area contributed by atoms with E-state index in [2.05, 4.69) is 183 Å². The maximum atomic E-state index is 6.53. The van der Waals surface area contributed by atoms with Gasteiger partial charge in [-0.2, -0.15) is 0 Å². The van der Waals surface area contributed by atoms with Crippen molar-refractivity contribution in [2.24, 2.45) is 5.92 Å². The van der Waals surface area contributed by atoms with E-state index in [1.807, 2.05) is 38.1 Å². The number of hydrogen-bond acceptors (Lipinski definition) is 12. The van der Waals surface area contributed by atoms with Gasteiger partial charge >= 0.3 is 0 Å². The van der Waals surface area contributed by atoms with Crippen molar-refractivity contribution < 1.29 is 56.8 Å². The molecule has 0 saturated heterocycles. The minimum Gasteiger partial charge on any atom is -0.494 e. The minimum atomic E-state index is -0.453. The number of methoxy groups -OCH3 is 4. The fourth-order valence-corrected chi connectivity index (χ4v) is 13.1. The third-order valence-corrected chi connectivity index (χ3v) is 21.1. The Morgan fingerprint density at radius 1 is 0.440 bits per heavy atom. The third kappa shape index (κ3) is 25.5. The SMILES string of the molecule is CCC(C)c1ccc(OCCOC2=C(C(C)(C)OC)C=C(C)CC2C(C)(C)OC)cc1.CCC(C)c1ccc(OCCOc2c(C(C)OC)cc(C)cc2C(C)OC)cc1.CCC(C)c1ccc(OCCOc2c(COC3CCCCC3)cc(C(C)(C)C)cc2COC2CCCCC2)cc1. The first kappa shape index (κ1) is 83.1. The van der Waals surface area contributed by atoms with Crippen LogP contribution in [0.25, 0.3) is 0 Å². The summed E-state index contributed by atoms with van der Waals surface area (Å²) in [5.74, 6) is 7.13. The summed E-state index contributed by atoms with van der Waals surface area (Å²) in [6.45, 7) is 40.9. The van der Waals surface area contributed by atoms with Gasteiger partial charge < -0.3 is 56.8 Å². The summed E-state index contributed by atoms with van der Waals surface area (Å²) >= 11 is 0. The average Bonchev–Trinajstić information content (AvgIpc) is 0.781. The van der Waals surface area contributed by atoms with Crippen LogP contribution in [0.1, 0.15) is 281 Å². The molecule has 3 aliphatic rings. The van der Waals surface area contributed by atoms with Crippen LogP contribution in [0.3, 0.4) is 0 Å². The number of hydrogen-bond donors (Lipinski definition) is 0. The van der Waals surface area contributed by atoms with Crippen LogP contribution in [0.15, 0.2) is 120 Å². The zero-order valence-corrected chi connectivity index (χ0v) is 65.9. The minimum absolute atomic E-state index is 0.0300. The standard InChI is InChI=1S/C36H54O4.C27H42O4.C25H36O4/c1-6-27(2)28-17-19-34(20-18-28)37-21-22-38-35-29(25-39-32-13-9-7-10-14-32)23-31(36(3,4)5)24-30(35)26-40-33-15-11-8-12-16-33;1-10-20(3)21-11-13-22(14-12-21)30-15-16-31-25-23(26(4,5)28-8)17-19(2)18-24(25)27(6,7)29-9;1-8-18(3)21-9-11-22(12-10-21)28-13-14-29-25-23(19(4)26-6)15-17(2)16-24(25)20(5)27-7/h17-20,23-24,27,32-33H,6-16,21-22,25-26H2,1-5H3;11-14,17,20,24H,10,15-16,18H2,1-9H3;9-12,15-16,18-20H,8,13-14H2,1-7H3. The van der Waals surface area contributed by atoms with E-state index in [1.54, 1.807) is 28.4 Å². The first-order valence-electron chi connectivity index (χ1n) is 38.0. The lowest BCUT2D eigenvalue weighted by Crippen LogP contribution is -2.40. The van der Waals surface area contributed by atoms with Crippen LogP contribution < -0.4 is 23.7 Å². The van der Waals surface area contributed by atoms with Gasteiger partial charge in [-0.05, 0) is 213 Å². The quantitative estimate of drug-likeness (QED) is 0.0360. The molecule has 0 amide bonds. The lowest BCUT2D eigenvalue weighted by Gasteiger charge is -2.40. The maximum Gasteiger partial charge on any atom is 0.131 e. The highest BCUT2D eigenvalue weighted by Crippen LogP contribution is 2.44. The Hall–Kier alpha value is -5.86. The fraction of sp³-hybridized carbons (Fsp3) is 0.614. The second-order valence-corrected chi connectivity index (χ2v) is 30.3. The van der Waals surface area contributed by atoms with Gasteiger partial charge in [-0.25, -0.2) is 0 Å². The molecule has 6 atom stereocenters. The molecule has 12 heteroatoms. The molecule has 3 aliphatic carbocycles. The van der Waals surface area contributed by atoms with Crippen molar-refractivity contribution in [3.8, 4) is 28.7 Å². The van der Waals surface area contributed by atoms with Gasteiger partial charge in [0, 0.05) is 62.2 Å². The van der Waals surface area contributed by atoms with Crippen molar-refractivity contribution in [1.29, 1.82) is 0 Å². The summed E-state index contributed by atoms with van der Waals surface area (Å²) in [6.07, 6.45) is 19.5. The number of aryl methyl sites for hydroxylation is 1. The van der Waals surface area contributed by atoms with Crippen LogP contribution in [0, 0.1) is 12.8 Å². The summed E-state index contributed by atoms with van der Waals surface area (Å²) in [4.78, 5) is 0. The number of ether oxygens (including phenoxy) is 12. The van der Waals surface area contributed by atoms with E-state index in [1.165, 1.54) is 66.4 Å². The van der Waals surface area contributed by atoms with Crippen LogP contribution in [0.4, 0.5) is 0 Å². The van der Waals surface area contributed by atoms with Crippen LogP contribution in [-0.4, -0.2) is 91.5 Å². The smallest absolute Gasteiger partial charge is 0.131 e. The second kappa shape index (κ2) is 41.4. The van der Waals surface area contributed by atoms with Crippen molar-refractivity contribution in [3.63, 3.8) is 0 Å². The van der Waals surface area contributed by atoms with Crippen LogP contribution in [-0.2, 0) is 51.8 Å². The van der Waals surface area contributed by atoms with Gasteiger partial charge in [-0.1, -0.05) is 154 Å². The van der Waals surface area contributed by atoms with Crippen molar-refractivity contribution in [2.75, 3.05) is 68.1 Å². The zero-order chi connectivity index (χ0) is 73.0. The Morgan fingerprint density at radius 3 is 1.16 bits per heavy atom. The maximum absolute atomic E-state index is 6.53. The lowest BCUT2D eigenvalue weighted by molar-refractivity contribution is -0.0409. The van der Waals surface area contributed by atoms with Gasteiger partial charge in [0.1, 0.15) is 74.1 Å². The van der Waals surface area contributed by atoms with Crippen molar-refractivity contribution >= 4 is 0 Å². The predicted octanol–water partition coefficient (Wildman–Crippen LogP) is 22.7.